The molecule has 3 heterocycles. The first-order valence-corrected chi connectivity index (χ1v) is 15.6. The smallest absolute Gasteiger partial charge is 0.251 e. The van der Waals surface area contributed by atoms with Crippen molar-refractivity contribution in [3.05, 3.63) is 59.7 Å². The van der Waals surface area contributed by atoms with Crippen molar-refractivity contribution in [2.45, 2.75) is 69.7 Å². The van der Waals surface area contributed by atoms with E-state index in [9.17, 15) is 9.90 Å². The van der Waals surface area contributed by atoms with Crippen LogP contribution in [0.15, 0.2) is 48.5 Å². The molecule has 2 aromatic carbocycles. The normalized spacial score (nSPS) is 27.9. The molecule has 9 nitrogen and oxygen atoms in total. The van der Waals surface area contributed by atoms with Gasteiger partial charge in [-0.05, 0) is 61.4 Å². The molecule has 3 fully saturated rings. The summed E-state index contributed by atoms with van der Waals surface area (Å²) in [7, 11) is 0. The van der Waals surface area contributed by atoms with Crippen LogP contribution < -0.4 is 31.5 Å². The number of fused-ring (bicyclic) bond motifs is 1. The Kier molecular flexibility index (Phi) is 9.07. The molecule has 4 atom stereocenters. The monoisotopic (exact) mass is 562 g/mol. The summed E-state index contributed by atoms with van der Waals surface area (Å²) in [5.41, 5.74) is 10.0. The molecule has 1 spiro atoms. The third kappa shape index (κ3) is 6.24. The van der Waals surface area contributed by atoms with E-state index < -0.39 is 0 Å². The number of nitrogens with zero attached hydrogens (tertiary/aromatic N) is 1. The average Bonchev–Trinajstić information content (AvgIpc) is 3.58. The summed E-state index contributed by atoms with van der Waals surface area (Å²) in [6.07, 6.45) is 10.6. The van der Waals surface area contributed by atoms with E-state index in [4.69, 9.17) is 4.74 Å². The number of rotatable bonds is 8. The first-order chi connectivity index (χ1) is 20.2. The van der Waals surface area contributed by atoms with Crippen LogP contribution in [0.5, 0.6) is 5.75 Å². The van der Waals surface area contributed by atoms with Gasteiger partial charge in [0.1, 0.15) is 12.4 Å². The van der Waals surface area contributed by atoms with Crippen LogP contribution in [0.2, 0.25) is 0 Å². The molecule has 1 amide bonds. The number of aliphatic hydroxyl groups is 1. The number of aliphatic hydroxyl groups excluding tert-OH is 1. The Morgan fingerprint density at radius 1 is 1.05 bits per heavy atom. The predicted octanol–water partition coefficient (Wildman–Crippen LogP) is 3.36. The van der Waals surface area contributed by atoms with Crippen LogP contribution in [0, 0.1) is 11.3 Å². The highest BCUT2D eigenvalue weighted by atomic mass is 16.5. The van der Waals surface area contributed by atoms with Gasteiger partial charge in [0.15, 0.2) is 0 Å². The van der Waals surface area contributed by atoms with Crippen LogP contribution in [-0.2, 0) is 0 Å². The van der Waals surface area contributed by atoms with Gasteiger partial charge in [-0.2, -0.15) is 0 Å². The van der Waals surface area contributed by atoms with E-state index >= 15 is 0 Å². The topological polar surface area (TPSA) is 110 Å². The average molecular weight is 563 g/mol. The molecule has 2 aromatic rings. The van der Waals surface area contributed by atoms with Crippen molar-refractivity contribution in [3.8, 4) is 5.75 Å². The molecule has 222 valence electrons. The number of nitrogens with one attached hydrogen (secondary N) is 5. The van der Waals surface area contributed by atoms with Gasteiger partial charge in [0.2, 0.25) is 0 Å². The molecule has 0 radical (unpaired) electrons. The minimum Gasteiger partial charge on any atom is -0.491 e. The van der Waals surface area contributed by atoms with Crippen LogP contribution in [-0.4, -0.2) is 67.6 Å². The quantitative estimate of drug-likeness (QED) is 0.291. The summed E-state index contributed by atoms with van der Waals surface area (Å²) in [6, 6.07) is 15.4. The van der Waals surface area contributed by atoms with Gasteiger partial charge >= 0.3 is 0 Å². The number of carbonyl (C=O) groups excluding carboxylic acids is 1. The second-order valence-electron chi connectivity index (χ2n) is 12.2. The van der Waals surface area contributed by atoms with E-state index in [1.165, 1.54) is 44.9 Å². The van der Waals surface area contributed by atoms with Crippen molar-refractivity contribution in [1.82, 2.24) is 26.4 Å². The largest absolute Gasteiger partial charge is 0.491 e. The van der Waals surface area contributed by atoms with E-state index in [0.717, 1.165) is 36.5 Å². The number of hydrogen-bond acceptors (Lipinski definition) is 8. The molecule has 9 heteroatoms. The fraction of sp³-hybridized carbons (Fsp3) is 0.594. The van der Waals surface area contributed by atoms with Crippen LogP contribution >= 0.6 is 0 Å². The third-order valence-corrected chi connectivity index (χ3v) is 9.77. The number of benzene rings is 2. The van der Waals surface area contributed by atoms with Gasteiger partial charge in [0.05, 0.1) is 25.0 Å². The Balaban J connectivity index is 1.10. The molecule has 3 unspecified atom stereocenters. The zero-order valence-electron chi connectivity index (χ0n) is 24.0. The lowest BCUT2D eigenvalue weighted by atomic mass is 9.63. The summed E-state index contributed by atoms with van der Waals surface area (Å²) >= 11 is 0. The number of carbonyl (C=O) groups is 1. The van der Waals surface area contributed by atoms with Gasteiger partial charge in [0, 0.05) is 36.4 Å². The first-order valence-electron chi connectivity index (χ1n) is 15.6. The Morgan fingerprint density at radius 2 is 1.88 bits per heavy atom. The van der Waals surface area contributed by atoms with E-state index in [1.807, 2.05) is 48.5 Å². The molecule has 6 N–H and O–H groups in total. The Morgan fingerprint density at radius 3 is 2.73 bits per heavy atom. The van der Waals surface area contributed by atoms with E-state index in [0.29, 0.717) is 36.6 Å². The van der Waals surface area contributed by atoms with Crippen molar-refractivity contribution in [2.75, 3.05) is 44.7 Å². The SMILES string of the molecule is O=C(N[C@@H]1COc2ccccc21)c1cccc(NCC2NNC(C3CCNCC34CCCCCCC4)N2CCO)c1. The van der Waals surface area contributed by atoms with Crippen molar-refractivity contribution < 1.29 is 14.6 Å². The molecule has 1 saturated carbocycles. The highest BCUT2D eigenvalue weighted by molar-refractivity contribution is 5.95. The third-order valence-electron chi connectivity index (χ3n) is 9.77. The lowest BCUT2D eigenvalue weighted by molar-refractivity contribution is -0.00215. The van der Waals surface area contributed by atoms with Crippen molar-refractivity contribution in [1.29, 1.82) is 0 Å². The zero-order chi connectivity index (χ0) is 28.1. The Bertz CT molecular complexity index is 1170. The maximum atomic E-state index is 13.1. The minimum absolute atomic E-state index is 0.0252. The second-order valence-corrected chi connectivity index (χ2v) is 12.2. The maximum Gasteiger partial charge on any atom is 0.251 e. The van der Waals surface area contributed by atoms with Crippen LogP contribution in [0.25, 0.3) is 0 Å². The molecule has 4 aliphatic rings. The van der Waals surface area contributed by atoms with Gasteiger partial charge in [-0.3, -0.25) is 9.69 Å². The molecular weight excluding hydrogens is 516 g/mol. The van der Waals surface area contributed by atoms with Crippen molar-refractivity contribution >= 4 is 11.6 Å². The minimum atomic E-state index is -0.149. The maximum absolute atomic E-state index is 13.1. The van der Waals surface area contributed by atoms with Crippen LogP contribution in [0.3, 0.4) is 0 Å². The summed E-state index contributed by atoms with van der Waals surface area (Å²) in [6.45, 7) is 3.98. The Labute approximate surface area is 243 Å². The molecule has 3 aliphatic heterocycles. The van der Waals surface area contributed by atoms with Crippen molar-refractivity contribution in [3.63, 3.8) is 0 Å². The van der Waals surface area contributed by atoms with Crippen molar-refractivity contribution in [2.24, 2.45) is 11.3 Å². The predicted molar refractivity (Wildman–Crippen MR) is 160 cm³/mol. The highest BCUT2D eigenvalue weighted by Gasteiger charge is 2.48. The highest BCUT2D eigenvalue weighted by Crippen LogP contribution is 2.46. The fourth-order valence-corrected chi connectivity index (χ4v) is 7.64. The van der Waals surface area contributed by atoms with E-state index in [2.05, 4.69) is 31.7 Å². The van der Waals surface area contributed by atoms with Gasteiger partial charge in [-0.25, -0.2) is 10.9 Å². The molecular formula is C32H46N6O3. The number of hydrogen-bond donors (Lipinski definition) is 6. The number of amides is 1. The molecule has 0 bridgehead atoms. The number of piperidine rings is 1. The zero-order valence-corrected chi connectivity index (χ0v) is 24.0. The molecule has 0 aromatic heterocycles. The summed E-state index contributed by atoms with van der Waals surface area (Å²) in [4.78, 5) is 15.5. The molecule has 6 rings (SSSR count). The second kappa shape index (κ2) is 13.1. The first kappa shape index (κ1) is 28.4. The number of β-amino-alcohol motifs (C(OH)–C–C–N with tert-alkyl or cyclic N) is 1. The molecule has 2 saturated heterocycles. The fourth-order valence-electron chi connectivity index (χ4n) is 7.64. The number of anilines is 1. The Hall–Kier alpha value is -2.69. The summed E-state index contributed by atoms with van der Waals surface area (Å²) in [5.74, 6) is 1.25. The van der Waals surface area contributed by atoms with E-state index in [1.54, 1.807) is 0 Å². The summed E-state index contributed by atoms with van der Waals surface area (Å²) in [5, 5.41) is 20.4. The number of para-hydroxylation sites is 1. The number of hydrazine groups is 1. The van der Waals surface area contributed by atoms with Gasteiger partial charge in [-0.15, -0.1) is 0 Å². The lowest BCUT2D eigenvalue weighted by Crippen LogP contribution is -2.58. The van der Waals surface area contributed by atoms with Crippen LogP contribution in [0.1, 0.15) is 73.3 Å². The molecule has 1 aliphatic carbocycles. The van der Waals surface area contributed by atoms with Crippen LogP contribution in [0.4, 0.5) is 5.69 Å². The number of ether oxygens (including phenoxy) is 1. The summed E-state index contributed by atoms with van der Waals surface area (Å²) < 4.78 is 5.73. The standard InChI is InChI=1S/C32H46N6O3/c39-18-17-38-29(36-37-30(38)26-13-16-33-22-32(26)14-6-2-1-3-7-15-32)20-34-24-10-8-9-23(19-24)31(40)35-27-21-41-28-12-5-4-11-25(27)28/h4-5,8-12,19,26-27,29-30,33-34,36-37,39H,1-3,6-7,13-18,20-22H2,(H,35,40)/t26?,27-,29?,30?/m1/s1. The van der Waals surface area contributed by atoms with Gasteiger partial charge < -0.3 is 25.8 Å². The van der Waals surface area contributed by atoms with Gasteiger partial charge in [-0.1, -0.05) is 56.4 Å². The van der Waals surface area contributed by atoms with E-state index in [-0.39, 0.29) is 30.9 Å². The van der Waals surface area contributed by atoms with Gasteiger partial charge in [0.25, 0.3) is 5.91 Å². The molecule has 41 heavy (non-hydrogen) atoms. The lowest BCUT2D eigenvalue weighted by Gasteiger charge is -2.50.